The minimum atomic E-state index is -0.637. The van der Waals surface area contributed by atoms with E-state index in [-0.39, 0.29) is 29.8 Å². The van der Waals surface area contributed by atoms with Gasteiger partial charge in [0, 0.05) is 0 Å². The van der Waals surface area contributed by atoms with Gasteiger partial charge in [0.05, 0.1) is 12.1 Å². The van der Waals surface area contributed by atoms with E-state index in [1.807, 2.05) is 31.2 Å². The zero-order valence-corrected chi connectivity index (χ0v) is 16.2. The number of nitrogens with zero attached hydrogens (tertiary/aromatic N) is 2. The van der Waals surface area contributed by atoms with Crippen molar-refractivity contribution < 1.29 is 14.6 Å². The summed E-state index contributed by atoms with van der Waals surface area (Å²) in [7, 11) is 0. The topological polar surface area (TPSA) is 92.3 Å². The average Bonchev–Trinajstić information content (AvgIpc) is 2.72. The van der Waals surface area contributed by atoms with Crippen LogP contribution in [0.1, 0.15) is 32.6 Å². The van der Waals surface area contributed by atoms with Gasteiger partial charge in [0.15, 0.2) is 6.61 Å². The van der Waals surface area contributed by atoms with Crippen molar-refractivity contribution in [2.45, 2.75) is 20.4 Å². The van der Waals surface area contributed by atoms with E-state index in [0.717, 1.165) is 15.7 Å². The van der Waals surface area contributed by atoms with Crippen molar-refractivity contribution in [3.63, 3.8) is 0 Å². The van der Waals surface area contributed by atoms with E-state index in [1.54, 1.807) is 36.4 Å². The molecular weight excluding hydrogens is 368 g/mol. The molecule has 2 aromatic carbocycles. The summed E-state index contributed by atoms with van der Waals surface area (Å²) in [6.07, 6.45) is 0. The van der Waals surface area contributed by atoms with Crippen LogP contribution in [0.4, 0.5) is 0 Å². The first kappa shape index (κ1) is 19.9. The lowest BCUT2D eigenvalue weighted by Gasteiger charge is -2.16. The molecule has 1 aromatic heterocycles. The second-order valence-electron chi connectivity index (χ2n) is 6.71. The van der Waals surface area contributed by atoms with Crippen LogP contribution in [0.5, 0.6) is 11.6 Å². The summed E-state index contributed by atoms with van der Waals surface area (Å²) in [4.78, 5) is 25.5. The molecule has 146 valence electrons. The van der Waals surface area contributed by atoms with Crippen molar-refractivity contribution in [1.29, 1.82) is 5.26 Å². The Hall–Kier alpha value is -3.85. The summed E-state index contributed by atoms with van der Waals surface area (Å²) in [5.41, 5.74) is 1.08. The number of Topliss-reactive ketones (excluding diaryl/α,β-unsaturated/α-hetero) is 1. The Morgan fingerprint density at radius 2 is 1.76 bits per heavy atom. The number of hydrogen-bond acceptors (Lipinski definition) is 5. The largest absolute Gasteiger partial charge is 0.494 e. The van der Waals surface area contributed by atoms with Crippen LogP contribution in [0.15, 0.2) is 59.4 Å². The zero-order chi connectivity index (χ0) is 21.0. The van der Waals surface area contributed by atoms with Gasteiger partial charge >= 0.3 is 0 Å². The SMILES string of the molecule is Cc1ccc(OCC(=O)c2c(C)c(C#N)c(=O)n(Cc3ccccc3)c2O)cc1. The molecule has 0 spiro atoms. The number of pyridine rings is 1. The van der Waals surface area contributed by atoms with Crippen LogP contribution >= 0.6 is 0 Å². The number of aromatic nitrogens is 1. The molecule has 6 heteroatoms. The highest BCUT2D eigenvalue weighted by atomic mass is 16.5. The molecule has 0 aliphatic rings. The predicted octanol–water partition coefficient (Wildman–Crippen LogP) is 3.35. The van der Waals surface area contributed by atoms with Crippen molar-refractivity contribution in [2.24, 2.45) is 0 Å². The van der Waals surface area contributed by atoms with Gasteiger partial charge in [0.2, 0.25) is 11.7 Å². The van der Waals surface area contributed by atoms with Crippen molar-refractivity contribution >= 4 is 5.78 Å². The first-order chi connectivity index (χ1) is 13.9. The van der Waals surface area contributed by atoms with Gasteiger partial charge < -0.3 is 9.84 Å². The Labute approximate surface area is 168 Å². The maximum atomic E-state index is 12.8. The minimum absolute atomic E-state index is 0.0412. The number of carbonyl (C=O) groups excluding carboxylic acids is 1. The second kappa shape index (κ2) is 8.44. The minimum Gasteiger partial charge on any atom is -0.494 e. The van der Waals surface area contributed by atoms with Crippen molar-refractivity contribution in [3.05, 3.63) is 92.8 Å². The maximum Gasteiger partial charge on any atom is 0.271 e. The molecule has 1 N–H and O–H groups in total. The number of aryl methyl sites for hydroxylation is 1. The third-order valence-corrected chi connectivity index (χ3v) is 4.65. The normalized spacial score (nSPS) is 10.4. The molecule has 0 bridgehead atoms. The van der Waals surface area contributed by atoms with E-state index in [0.29, 0.717) is 5.75 Å². The van der Waals surface area contributed by atoms with E-state index in [4.69, 9.17) is 4.74 Å². The Morgan fingerprint density at radius 3 is 2.38 bits per heavy atom. The molecular formula is C23H20N2O4. The van der Waals surface area contributed by atoms with Gasteiger partial charge in [-0.2, -0.15) is 5.26 Å². The van der Waals surface area contributed by atoms with Gasteiger partial charge in [-0.05, 0) is 37.1 Å². The summed E-state index contributed by atoms with van der Waals surface area (Å²) >= 11 is 0. The Kier molecular flexibility index (Phi) is 5.79. The average molecular weight is 388 g/mol. The fourth-order valence-corrected chi connectivity index (χ4v) is 3.05. The van der Waals surface area contributed by atoms with Gasteiger partial charge in [-0.15, -0.1) is 0 Å². The summed E-state index contributed by atoms with van der Waals surface area (Å²) in [6.45, 7) is 3.13. The highest BCUT2D eigenvalue weighted by molar-refractivity contribution is 6.01. The molecule has 0 aliphatic carbocycles. The number of rotatable bonds is 6. The van der Waals surface area contributed by atoms with Gasteiger partial charge in [-0.3, -0.25) is 14.2 Å². The molecule has 0 aliphatic heterocycles. The molecule has 0 radical (unpaired) electrons. The van der Waals surface area contributed by atoms with Crippen LogP contribution in [0, 0.1) is 25.2 Å². The molecule has 3 rings (SSSR count). The molecule has 3 aromatic rings. The van der Waals surface area contributed by atoms with Crippen LogP contribution in [-0.4, -0.2) is 22.1 Å². The molecule has 29 heavy (non-hydrogen) atoms. The van der Waals surface area contributed by atoms with Crippen LogP contribution < -0.4 is 10.3 Å². The molecule has 0 saturated heterocycles. The molecule has 0 fully saturated rings. The number of ether oxygens (including phenoxy) is 1. The Bertz CT molecular complexity index is 1140. The number of hydrogen-bond donors (Lipinski definition) is 1. The summed E-state index contributed by atoms with van der Waals surface area (Å²) < 4.78 is 6.56. The lowest BCUT2D eigenvalue weighted by molar-refractivity contribution is 0.0916. The van der Waals surface area contributed by atoms with Crippen molar-refractivity contribution in [1.82, 2.24) is 4.57 Å². The first-order valence-electron chi connectivity index (χ1n) is 9.05. The fourth-order valence-electron chi connectivity index (χ4n) is 3.05. The highest BCUT2D eigenvalue weighted by Crippen LogP contribution is 2.24. The highest BCUT2D eigenvalue weighted by Gasteiger charge is 2.24. The van der Waals surface area contributed by atoms with Crippen LogP contribution in [0.2, 0.25) is 0 Å². The van der Waals surface area contributed by atoms with Gasteiger partial charge in [0.25, 0.3) is 5.56 Å². The van der Waals surface area contributed by atoms with E-state index in [9.17, 15) is 20.0 Å². The lowest BCUT2D eigenvalue weighted by atomic mass is 10.0. The number of ketones is 1. The van der Waals surface area contributed by atoms with Crippen LogP contribution in [0.25, 0.3) is 0 Å². The maximum absolute atomic E-state index is 12.8. The standard InChI is InChI=1S/C23H20N2O4/c1-15-8-10-18(11-9-15)29-14-20(26)21-16(2)19(12-24)22(27)25(23(21)28)13-17-6-4-3-5-7-17/h3-11,28H,13-14H2,1-2H3. The lowest BCUT2D eigenvalue weighted by Crippen LogP contribution is -2.28. The number of benzene rings is 2. The first-order valence-corrected chi connectivity index (χ1v) is 9.05. The van der Waals surface area contributed by atoms with E-state index in [1.165, 1.54) is 6.92 Å². The van der Waals surface area contributed by atoms with Crippen molar-refractivity contribution in [2.75, 3.05) is 6.61 Å². The molecule has 0 atom stereocenters. The van der Waals surface area contributed by atoms with E-state index < -0.39 is 17.2 Å². The number of aromatic hydroxyl groups is 1. The predicted molar refractivity (Wildman–Crippen MR) is 108 cm³/mol. The Balaban J connectivity index is 1.97. The van der Waals surface area contributed by atoms with E-state index in [2.05, 4.69) is 0 Å². The van der Waals surface area contributed by atoms with E-state index >= 15 is 0 Å². The molecule has 1 heterocycles. The fraction of sp³-hybridized carbons (Fsp3) is 0.174. The molecule has 0 saturated carbocycles. The summed E-state index contributed by atoms with van der Waals surface area (Å²) in [5.74, 6) is -0.467. The molecule has 6 nitrogen and oxygen atoms in total. The smallest absolute Gasteiger partial charge is 0.271 e. The second-order valence-corrected chi connectivity index (χ2v) is 6.71. The Morgan fingerprint density at radius 1 is 1.10 bits per heavy atom. The third-order valence-electron chi connectivity index (χ3n) is 4.65. The summed E-state index contributed by atoms with van der Waals surface area (Å²) in [6, 6.07) is 18.1. The van der Waals surface area contributed by atoms with Crippen LogP contribution in [-0.2, 0) is 6.54 Å². The molecule has 0 amide bonds. The number of carbonyl (C=O) groups is 1. The van der Waals surface area contributed by atoms with Gasteiger partial charge in [-0.1, -0.05) is 48.0 Å². The van der Waals surface area contributed by atoms with Crippen molar-refractivity contribution in [3.8, 4) is 17.7 Å². The third kappa shape index (κ3) is 4.19. The summed E-state index contributed by atoms with van der Waals surface area (Å²) in [5, 5.41) is 20.1. The quantitative estimate of drug-likeness (QED) is 0.654. The van der Waals surface area contributed by atoms with Crippen LogP contribution in [0.3, 0.4) is 0 Å². The monoisotopic (exact) mass is 388 g/mol. The zero-order valence-electron chi connectivity index (χ0n) is 16.2. The van der Waals surface area contributed by atoms with Gasteiger partial charge in [-0.25, -0.2) is 0 Å². The molecule has 0 unspecified atom stereocenters. The number of nitriles is 1. The van der Waals surface area contributed by atoms with Gasteiger partial charge in [0.1, 0.15) is 17.4 Å².